The number of halogens is 2. The van der Waals surface area contributed by atoms with Crippen molar-refractivity contribution in [2.75, 3.05) is 13.2 Å². The quantitative estimate of drug-likeness (QED) is 0.233. The van der Waals surface area contributed by atoms with E-state index in [2.05, 4.69) is 104 Å². The van der Waals surface area contributed by atoms with Crippen LogP contribution < -0.4 is 24.8 Å². The van der Waals surface area contributed by atoms with Gasteiger partial charge in [-0.1, -0.05) is 45.5 Å². The topological polar surface area (TPSA) is 18.5 Å². The molecule has 0 heterocycles. The van der Waals surface area contributed by atoms with Gasteiger partial charge in [-0.3, -0.25) is 12.2 Å². The summed E-state index contributed by atoms with van der Waals surface area (Å²) < 4.78 is 12.5. The van der Waals surface area contributed by atoms with Gasteiger partial charge in [0.25, 0.3) is 0 Å². The van der Waals surface area contributed by atoms with E-state index in [1.807, 2.05) is 0 Å². The molecule has 2 aliphatic rings. The van der Waals surface area contributed by atoms with Crippen LogP contribution in [0.5, 0.6) is 0 Å². The molecule has 2 aliphatic carbocycles. The molecule has 36 heavy (non-hydrogen) atoms. The predicted molar refractivity (Wildman–Crippen MR) is 156 cm³/mol. The van der Waals surface area contributed by atoms with Crippen molar-refractivity contribution < 1.29 is 59.9 Å². The Balaban J connectivity index is 0. The Kier molecular flexibility index (Phi) is 16.1. The summed E-state index contributed by atoms with van der Waals surface area (Å²) in [7, 11) is -6.16. The van der Waals surface area contributed by atoms with Gasteiger partial charge in [0.1, 0.15) is 0 Å². The van der Waals surface area contributed by atoms with Crippen LogP contribution >= 0.6 is 0 Å². The molecule has 0 saturated heterocycles. The molecule has 0 unspecified atom stereocenters. The van der Waals surface area contributed by atoms with Gasteiger partial charge in [0.2, 0.25) is 0 Å². The van der Waals surface area contributed by atoms with Crippen molar-refractivity contribution >= 4 is 32.8 Å². The number of rotatable bonds is 12. The number of hydrogen-bond acceptors (Lipinski definition) is 2. The Morgan fingerprint density at radius 1 is 0.667 bits per heavy atom. The van der Waals surface area contributed by atoms with Gasteiger partial charge in [0.05, 0.1) is 0 Å². The van der Waals surface area contributed by atoms with Gasteiger partial charge in [-0.25, -0.2) is 11.1 Å². The SMILES string of the molecule is CC(C)(C1=[C-]CC=C1[Si](C)(C)CCO[Si](C)(C)C)C1=[C-]CC=C1[Si](C)(C)CCO[Si](C)(C)C.[Cl-].[Cl-].[Zr+4]. The summed E-state index contributed by atoms with van der Waals surface area (Å²) in [4.78, 5) is 0. The molecular weight excluding hydrogens is 631 g/mol. The summed E-state index contributed by atoms with van der Waals surface area (Å²) in [5.74, 6) is 0. The standard InChI is InChI=1S/C27H50O2Si4.2ClH.Zr/c1-27(2,23-15-13-17-25(23)32(9,10)21-19-28-30(3,4)5)24-16-14-18-26(24)33(11,12)22-20-29-31(6,7)8;;;/h17-18H,13-14,19-22H2,1-12H3;2*1H;/q-2;;;+4/p-2. The van der Waals surface area contributed by atoms with Crippen molar-refractivity contribution in [3.8, 4) is 0 Å². The molecule has 0 radical (unpaired) electrons. The Bertz CT molecular complexity index is 781. The zero-order chi connectivity index (χ0) is 25.3. The van der Waals surface area contributed by atoms with E-state index in [9.17, 15) is 0 Å². The van der Waals surface area contributed by atoms with Gasteiger partial charge < -0.3 is 33.7 Å². The zero-order valence-corrected chi connectivity index (χ0v) is 32.9. The maximum absolute atomic E-state index is 6.26. The minimum Gasteiger partial charge on any atom is -1.00 e. The second-order valence-corrected chi connectivity index (χ2v) is 32.2. The maximum Gasteiger partial charge on any atom is 4.00 e. The van der Waals surface area contributed by atoms with Crippen LogP contribution in [0.1, 0.15) is 26.7 Å². The van der Waals surface area contributed by atoms with E-state index in [1.54, 1.807) is 10.4 Å². The van der Waals surface area contributed by atoms with Crippen LogP contribution in [0.2, 0.25) is 77.6 Å². The minimum absolute atomic E-state index is 0. The monoisotopic (exact) mass is 678 g/mol. The van der Waals surface area contributed by atoms with Crippen LogP contribution in [0.4, 0.5) is 0 Å². The average Bonchev–Trinajstić information content (AvgIpc) is 3.30. The zero-order valence-electron chi connectivity index (χ0n) is 25.0. The smallest absolute Gasteiger partial charge is 1.00 e. The van der Waals surface area contributed by atoms with Crippen LogP contribution in [-0.4, -0.2) is 46.0 Å². The molecule has 0 fully saturated rings. The van der Waals surface area contributed by atoms with Crippen molar-refractivity contribution in [3.05, 3.63) is 45.8 Å². The normalized spacial score (nSPS) is 16.8. The van der Waals surface area contributed by atoms with Crippen molar-refractivity contribution in [1.29, 1.82) is 0 Å². The van der Waals surface area contributed by atoms with Gasteiger partial charge in [-0.05, 0) is 67.5 Å². The van der Waals surface area contributed by atoms with E-state index in [1.165, 1.54) is 23.2 Å². The van der Waals surface area contributed by atoms with Crippen molar-refractivity contribution in [2.24, 2.45) is 5.41 Å². The predicted octanol–water partition coefficient (Wildman–Crippen LogP) is 2.34. The second-order valence-electron chi connectivity index (χ2n) is 13.6. The van der Waals surface area contributed by atoms with Crippen LogP contribution in [-0.2, 0) is 35.1 Å². The third-order valence-corrected chi connectivity index (χ3v) is 15.8. The second kappa shape index (κ2) is 14.7. The van der Waals surface area contributed by atoms with E-state index in [4.69, 9.17) is 8.85 Å². The molecule has 204 valence electrons. The fourth-order valence-electron chi connectivity index (χ4n) is 4.87. The first-order valence-corrected chi connectivity index (χ1v) is 26.0. The first-order valence-electron chi connectivity index (χ1n) is 12.8. The summed E-state index contributed by atoms with van der Waals surface area (Å²) in [6, 6.07) is 2.37. The van der Waals surface area contributed by atoms with Crippen LogP contribution in [0.15, 0.2) is 33.7 Å². The average molecular weight is 681 g/mol. The molecule has 9 heteroatoms. The van der Waals surface area contributed by atoms with Crippen LogP contribution in [0, 0.1) is 17.6 Å². The largest absolute Gasteiger partial charge is 4.00 e. The van der Waals surface area contributed by atoms with Crippen molar-refractivity contribution in [2.45, 2.75) is 104 Å². The Morgan fingerprint density at radius 3 is 1.25 bits per heavy atom. The minimum atomic E-state index is -1.61. The van der Waals surface area contributed by atoms with Gasteiger partial charge in [0, 0.05) is 13.2 Å². The molecule has 0 aliphatic heterocycles. The molecule has 2 nitrogen and oxygen atoms in total. The first-order chi connectivity index (χ1) is 14.9. The fraction of sp³-hybridized carbons (Fsp3) is 0.704. The van der Waals surface area contributed by atoms with E-state index < -0.39 is 32.8 Å². The molecule has 0 aromatic carbocycles. The molecule has 0 aromatic heterocycles. The van der Waals surface area contributed by atoms with Crippen molar-refractivity contribution in [3.63, 3.8) is 0 Å². The Labute approximate surface area is 259 Å². The van der Waals surface area contributed by atoms with Gasteiger partial charge >= 0.3 is 26.2 Å². The van der Waals surface area contributed by atoms with Crippen LogP contribution in [0.3, 0.4) is 0 Å². The Hall–Kier alpha value is 1.21. The summed E-state index contributed by atoms with van der Waals surface area (Å²) in [6.45, 7) is 30.4. The van der Waals surface area contributed by atoms with Gasteiger partial charge in [0.15, 0.2) is 16.6 Å². The molecule has 0 saturated carbocycles. The third-order valence-electron chi connectivity index (χ3n) is 6.94. The Morgan fingerprint density at radius 2 is 0.972 bits per heavy atom. The maximum atomic E-state index is 6.26. The summed E-state index contributed by atoms with van der Waals surface area (Å²) in [6.07, 6.45) is 14.5. The van der Waals surface area contributed by atoms with E-state index in [0.717, 1.165) is 26.1 Å². The third kappa shape index (κ3) is 11.0. The molecule has 0 atom stereocenters. The first kappa shape index (κ1) is 39.4. The molecule has 0 spiro atoms. The molecule has 0 bridgehead atoms. The summed E-state index contributed by atoms with van der Waals surface area (Å²) in [5, 5.41) is 3.21. The molecular formula is C27H50Cl2O2Si4Zr. The van der Waals surface area contributed by atoms with E-state index in [0.29, 0.717) is 0 Å². The van der Waals surface area contributed by atoms with E-state index >= 15 is 0 Å². The number of hydrogen-bond donors (Lipinski definition) is 0. The molecule has 2 rings (SSSR count). The molecule has 0 aromatic rings. The summed E-state index contributed by atoms with van der Waals surface area (Å²) in [5.41, 5.74) is 2.86. The number of allylic oxidation sites excluding steroid dienone is 8. The van der Waals surface area contributed by atoms with E-state index in [-0.39, 0.29) is 56.4 Å². The van der Waals surface area contributed by atoms with Gasteiger partial charge in [-0.15, -0.1) is 12.8 Å². The fourth-order valence-corrected chi connectivity index (χ4v) is 11.9. The van der Waals surface area contributed by atoms with Gasteiger partial charge in [-0.2, -0.15) is 22.5 Å². The molecule has 0 amide bonds. The molecule has 0 N–H and O–H groups in total. The summed E-state index contributed by atoms with van der Waals surface area (Å²) >= 11 is 0. The van der Waals surface area contributed by atoms with Crippen LogP contribution in [0.25, 0.3) is 0 Å². The van der Waals surface area contributed by atoms with Crippen molar-refractivity contribution in [1.82, 2.24) is 0 Å².